The lowest BCUT2D eigenvalue weighted by molar-refractivity contribution is 0.0636. The first-order valence-electron chi connectivity index (χ1n) is 6.38. The van der Waals surface area contributed by atoms with E-state index in [1.165, 1.54) is 0 Å². The second-order valence-corrected chi connectivity index (χ2v) is 6.07. The van der Waals surface area contributed by atoms with Gasteiger partial charge < -0.3 is 10.1 Å². The van der Waals surface area contributed by atoms with Crippen LogP contribution < -0.4 is 10.6 Å². The minimum atomic E-state index is -0.510. The minimum absolute atomic E-state index is 0.336. The fourth-order valence-electron chi connectivity index (χ4n) is 1.86. The van der Waals surface area contributed by atoms with Crippen LogP contribution in [0.5, 0.6) is 0 Å². The van der Waals surface area contributed by atoms with Gasteiger partial charge in [0.25, 0.3) is 0 Å². The molecule has 1 fully saturated rings. The van der Waals surface area contributed by atoms with Crippen molar-refractivity contribution in [3.05, 3.63) is 28.8 Å². The molecule has 1 aromatic carbocycles. The normalized spacial score (nSPS) is 18.6. The van der Waals surface area contributed by atoms with E-state index in [-0.39, 0.29) is 0 Å². The van der Waals surface area contributed by atoms with E-state index in [0.717, 1.165) is 18.5 Å². The summed E-state index contributed by atoms with van der Waals surface area (Å²) in [5.74, 6) is 0. The summed E-state index contributed by atoms with van der Waals surface area (Å²) in [5.41, 5.74) is 1.20. The van der Waals surface area contributed by atoms with Gasteiger partial charge in [-0.05, 0) is 51.4 Å². The highest BCUT2D eigenvalue weighted by Crippen LogP contribution is 2.31. The molecule has 0 aromatic heterocycles. The third kappa shape index (κ3) is 3.85. The van der Waals surface area contributed by atoms with Crippen LogP contribution >= 0.6 is 11.6 Å². The maximum Gasteiger partial charge on any atom is 0.412 e. The molecule has 0 spiro atoms. The third-order valence-corrected chi connectivity index (χ3v) is 3.17. The molecule has 1 saturated heterocycles. The predicted octanol–water partition coefficient (Wildman–Crippen LogP) is 3.72. The van der Waals surface area contributed by atoms with E-state index >= 15 is 0 Å². The van der Waals surface area contributed by atoms with Gasteiger partial charge in [0.15, 0.2) is 0 Å². The largest absolute Gasteiger partial charge is 0.444 e. The van der Waals surface area contributed by atoms with E-state index in [9.17, 15) is 4.79 Å². The number of carbonyl (C=O) groups excluding carboxylic acids is 1. The SMILES string of the molecule is CC(C)(C)OC(=O)Nc1ccc(C2CCN2)c(Cl)c1. The Bertz CT molecular complexity index is 479. The monoisotopic (exact) mass is 282 g/mol. The number of benzene rings is 1. The lowest BCUT2D eigenvalue weighted by Gasteiger charge is -2.29. The summed E-state index contributed by atoms with van der Waals surface area (Å²) in [6.45, 7) is 6.50. The number of carbonyl (C=O) groups is 1. The average Bonchev–Trinajstić information content (AvgIpc) is 2.16. The summed E-state index contributed by atoms with van der Waals surface area (Å²) in [6.07, 6.45) is 0.622. The van der Waals surface area contributed by atoms with Gasteiger partial charge in [-0.2, -0.15) is 0 Å². The van der Waals surface area contributed by atoms with Crippen molar-refractivity contribution < 1.29 is 9.53 Å². The molecule has 19 heavy (non-hydrogen) atoms. The van der Waals surface area contributed by atoms with E-state index in [2.05, 4.69) is 10.6 Å². The minimum Gasteiger partial charge on any atom is -0.444 e. The van der Waals surface area contributed by atoms with Crippen LogP contribution in [0.25, 0.3) is 0 Å². The first-order chi connectivity index (χ1) is 8.85. The molecule has 1 aliphatic heterocycles. The number of nitrogens with one attached hydrogen (secondary N) is 2. The van der Waals surface area contributed by atoms with Gasteiger partial charge in [-0.3, -0.25) is 5.32 Å². The predicted molar refractivity (Wildman–Crippen MR) is 76.7 cm³/mol. The average molecular weight is 283 g/mol. The molecule has 1 unspecified atom stereocenters. The van der Waals surface area contributed by atoms with Crippen LogP contribution in [0.2, 0.25) is 5.02 Å². The summed E-state index contributed by atoms with van der Waals surface area (Å²) >= 11 is 6.22. The van der Waals surface area contributed by atoms with E-state index < -0.39 is 11.7 Å². The van der Waals surface area contributed by atoms with Crippen LogP contribution in [0.1, 0.15) is 38.8 Å². The van der Waals surface area contributed by atoms with Crippen LogP contribution in [0.15, 0.2) is 18.2 Å². The molecule has 0 bridgehead atoms. The van der Waals surface area contributed by atoms with Gasteiger partial charge in [0, 0.05) is 16.8 Å². The van der Waals surface area contributed by atoms with Crippen molar-refractivity contribution in [1.82, 2.24) is 5.32 Å². The first-order valence-corrected chi connectivity index (χ1v) is 6.76. The number of anilines is 1. The molecule has 0 saturated carbocycles. The molecule has 0 aliphatic carbocycles. The Labute approximate surface area is 118 Å². The molecule has 2 N–H and O–H groups in total. The molecule has 104 valence electrons. The highest BCUT2D eigenvalue weighted by atomic mass is 35.5. The van der Waals surface area contributed by atoms with Gasteiger partial charge in [0.2, 0.25) is 0 Å². The molecule has 1 aliphatic rings. The summed E-state index contributed by atoms with van der Waals surface area (Å²) in [5, 5.41) is 6.63. The number of rotatable bonds is 2. The van der Waals surface area contributed by atoms with Gasteiger partial charge in [-0.25, -0.2) is 4.79 Å². The second kappa shape index (κ2) is 5.39. The Hall–Kier alpha value is -1.26. The Morgan fingerprint density at radius 2 is 2.16 bits per heavy atom. The lowest BCUT2D eigenvalue weighted by Crippen LogP contribution is -2.35. The molecule has 2 rings (SSSR count). The van der Waals surface area contributed by atoms with E-state index in [1.807, 2.05) is 32.9 Å². The second-order valence-electron chi connectivity index (χ2n) is 5.66. The Morgan fingerprint density at radius 1 is 1.47 bits per heavy atom. The molecule has 1 heterocycles. The van der Waals surface area contributed by atoms with Crippen LogP contribution in [-0.2, 0) is 4.74 Å². The lowest BCUT2D eigenvalue weighted by atomic mass is 9.98. The molecule has 5 heteroatoms. The summed E-state index contributed by atoms with van der Waals surface area (Å²) < 4.78 is 5.19. The van der Waals surface area contributed by atoms with Crippen molar-refractivity contribution in [3.8, 4) is 0 Å². The smallest absolute Gasteiger partial charge is 0.412 e. The van der Waals surface area contributed by atoms with Gasteiger partial charge in [-0.15, -0.1) is 0 Å². The van der Waals surface area contributed by atoms with Crippen molar-refractivity contribution in [2.24, 2.45) is 0 Å². The van der Waals surface area contributed by atoms with Crippen molar-refractivity contribution in [3.63, 3.8) is 0 Å². The standard InChI is InChI=1S/C14H19ClN2O2/c1-14(2,3)19-13(18)17-9-4-5-10(11(15)8-9)12-6-7-16-12/h4-5,8,12,16H,6-7H2,1-3H3,(H,17,18). The number of hydrogen-bond donors (Lipinski definition) is 2. The summed E-state index contributed by atoms with van der Waals surface area (Å²) in [7, 11) is 0. The van der Waals surface area contributed by atoms with Crippen molar-refractivity contribution >= 4 is 23.4 Å². The number of ether oxygens (including phenoxy) is 1. The Balaban J connectivity index is 2.01. The van der Waals surface area contributed by atoms with Gasteiger partial charge in [-0.1, -0.05) is 17.7 Å². The van der Waals surface area contributed by atoms with Crippen LogP contribution in [0, 0.1) is 0 Å². The summed E-state index contributed by atoms with van der Waals surface area (Å²) in [6, 6.07) is 5.86. The molecular weight excluding hydrogens is 264 g/mol. The fraction of sp³-hybridized carbons (Fsp3) is 0.500. The highest BCUT2D eigenvalue weighted by Gasteiger charge is 2.21. The molecule has 1 aromatic rings. The molecule has 1 amide bonds. The Morgan fingerprint density at radius 3 is 2.63 bits per heavy atom. The zero-order valence-corrected chi connectivity index (χ0v) is 12.2. The first kappa shape index (κ1) is 14.2. The van der Waals surface area contributed by atoms with Crippen molar-refractivity contribution in [2.45, 2.75) is 38.8 Å². The molecular formula is C14H19ClN2O2. The van der Waals surface area contributed by atoms with Crippen LogP contribution in [0.3, 0.4) is 0 Å². The number of amides is 1. The molecule has 0 radical (unpaired) electrons. The van der Waals surface area contributed by atoms with Gasteiger partial charge in [0.05, 0.1) is 0 Å². The van der Waals surface area contributed by atoms with Gasteiger partial charge >= 0.3 is 6.09 Å². The van der Waals surface area contributed by atoms with E-state index in [1.54, 1.807) is 6.07 Å². The quantitative estimate of drug-likeness (QED) is 0.869. The van der Waals surface area contributed by atoms with Crippen LogP contribution in [0.4, 0.5) is 10.5 Å². The Kier molecular flexibility index (Phi) is 4.02. The maximum absolute atomic E-state index is 11.6. The van der Waals surface area contributed by atoms with Gasteiger partial charge in [0.1, 0.15) is 5.60 Å². The third-order valence-electron chi connectivity index (χ3n) is 2.84. The number of hydrogen-bond acceptors (Lipinski definition) is 3. The van der Waals surface area contributed by atoms with Crippen molar-refractivity contribution in [2.75, 3.05) is 11.9 Å². The highest BCUT2D eigenvalue weighted by molar-refractivity contribution is 6.31. The topological polar surface area (TPSA) is 50.4 Å². The fourth-order valence-corrected chi connectivity index (χ4v) is 2.18. The molecule has 1 atom stereocenters. The zero-order chi connectivity index (χ0) is 14.0. The van der Waals surface area contributed by atoms with E-state index in [0.29, 0.717) is 16.8 Å². The van der Waals surface area contributed by atoms with E-state index in [4.69, 9.17) is 16.3 Å². The molecule has 4 nitrogen and oxygen atoms in total. The van der Waals surface area contributed by atoms with Crippen LogP contribution in [-0.4, -0.2) is 18.2 Å². The zero-order valence-electron chi connectivity index (χ0n) is 11.4. The number of halogens is 1. The van der Waals surface area contributed by atoms with Crippen molar-refractivity contribution in [1.29, 1.82) is 0 Å². The maximum atomic E-state index is 11.6. The summed E-state index contributed by atoms with van der Waals surface area (Å²) in [4.78, 5) is 11.6.